The van der Waals surface area contributed by atoms with Crippen LogP contribution in [-0.4, -0.2) is 47.6 Å². The Morgan fingerprint density at radius 1 is 1.03 bits per heavy atom. The molecule has 1 aliphatic rings. The number of carbonyl (C=O) groups excluding carboxylic acids is 2. The van der Waals surface area contributed by atoms with Crippen molar-refractivity contribution in [2.75, 3.05) is 20.2 Å². The number of hydrogen-bond donors (Lipinski definition) is 2. The van der Waals surface area contributed by atoms with Crippen LogP contribution < -0.4 is 11.5 Å². The monoisotopic (exact) mass is 393 g/mol. The lowest BCUT2D eigenvalue weighted by Gasteiger charge is -2.32. The molecule has 1 saturated heterocycles. The van der Waals surface area contributed by atoms with Gasteiger partial charge >= 0.3 is 6.09 Å². The summed E-state index contributed by atoms with van der Waals surface area (Å²) in [6, 6.07) is 13.9. The zero-order valence-electron chi connectivity index (χ0n) is 16.2. The Morgan fingerprint density at radius 2 is 1.72 bits per heavy atom. The molecule has 0 radical (unpaired) electrons. The number of fused-ring (bicyclic) bond motifs is 3. The van der Waals surface area contributed by atoms with E-state index in [-0.39, 0.29) is 18.1 Å². The number of piperidine rings is 1. The lowest BCUT2D eigenvalue weighted by atomic mass is 10.0. The Labute approximate surface area is 167 Å². The number of rotatable bonds is 2. The van der Waals surface area contributed by atoms with E-state index in [1.165, 1.54) is 7.11 Å². The normalized spacial score (nSPS) is 14.9. The van der Waals surface area contributed by atoms with Gasteiger partial charge in [0, 0.05) is 41.0 Å². The first-order valence-corrected chi connectivity index (χ1v) is 9.49. The standard InChI is InChI=1S/C21H23N5O3/c1-29-21(28)25-10-8-14(9-11-25)26-17-5-3-2-4-15(17)16-7-6-13(12-18(16)26)19(27)24-20(22)23/h2-7,12,14H,8-11H2,1H3,(H4,22,23,24,27). The van der Waals surface area contributed by atoms with Gasteiger partial charge in [-0.2, -0.15) is 4.99 Å². The zero-order chi connectivity index (χ0) is 20.5. The Kier molecular flexibility index (Phi) is 4.84. The number of hydrogen-bond acceptors (Lipinski definition) is 3. The predicted octanol–water partition coefficient (Wildman–Crippen LogP) is 2.61. The van der Waals surface area contributed by atoms with Crippen molar-refractivity contribution in [3.05, 3.63) is 48.0 Å². The van der Waals surface area contributed by atoms with E-state index in [2.05, 4.69) is 21.7 Å². The molecule has 0 bridgehead atoms. The SMILES string of the molecule is COC(=O)N1CCC(n2c3ccccc3c3ccc(C(=O)N=C(N)N)cc32)CC1. The summed E-state index contributed by atoms with van der Waals surface area (Å²) in [6.45, 7) is 1.25. The Morgan fingerprint density at radius 3 is 2.41 bits per heavy atom. The summed E-state index contributed by atoms with van der Waals surface area (Å²) in [7, 11) is 1.40. The summed E-state index contributed by atoms with van der Waals surface area (Å²) in [5, 5.41) is 2.19. The molecule has 150 valence electrons. The van der Waals surface area contributed by atoms with E-state index in [1.807, 2.05) is 24.3 Å². The molecule has 0 aliphatic carbocycles. The number of nitrogens with two attached hydrogens (primary N) is 2. The van der Waals surface area contributed by atoms with Crippen LogP contribution in [0.3, 0.4) is 0 Å². The average Bonchev–Trinajstić information content (AvgIpc) is 3.06. The number of amides is 2. The number of para-hydroxylation sites is 1. The number of ether oxygens (including phenoxy) is 1. The summed E-state index contributed by atoms with van der Waals surface area (Å²) >= 11 is 0. The van der Waals surface area contributed by atoms with Crippen LogP contribution in [0.15, 0.2) is 47.5 Å². The third-order valence-corrected chi connectivity index (χ3v) is 5.45. The van der Waals surface area contributed by atoms with Gasteiger partial charge in [-0.05, 0) is 31.0 Å². The fourth-order valence-corrected chi connectivity index (χ4v) is 4.14. The second-order valence-electron chi connectivity index (χ2n) is 7.15. The van der Waals surface area contributed by atoms with Crippen LogP contribution in [0, 0.1) is 0 Å². The van der Waals surface area contributed by atoms with Gasteiger partial charge in [0.25, 0.3) is 5.91 Å². The minimum Gasteiger partial charge on any atom is -0.453 e. The fraction of sp³-hybridized carbons (Fsp3) is 0.286. The van der Waals surface area contributed by atoms with Crippen LogP contribution in [0.4, 0.5) is 4.79 Å². The van der Waals surface area contributed by atoms with Crippen molar-refractivity contribution >= 4 is 39.8 Å². The maximum atomic E-state index is 12.3. The fourth-order valence-electron chi connectivity index (χ4n) is 4.14. The van der Waals surface area contributed by atoms with Gasteiger partial charge in [0.05, 0.1) is 12.6 Å². The Balaban J connectivity index is 1.80. The van der Waals surface area contributed by atoms with Crippen LogP contribution >= 0.6 is 0 Å². The van der Waals surface area contributed by atoms with E-state index >= 15 is 0 Å². The molecule has 2 heterocycles. The van der Waals surface area contributed by atoms with E-state index in [0.29, 0.717) is 18.7 Å². The van der Waals surface area contributed by atoms with Gasteiger partial charge in [-0.25, -0.2) is 4.79 Å². The van der Waals surface area contributed by atoms with Crippen molar-refractivity contribution in [1.29, 1.82) is 0 Å². The van der Waals surface area contributed by atoms with Crippen LogP contribution in [0.5, 0.6) is 0 Å². The van der Waals surface area contributed by atoms with Crippen molar-refractivity contribution in [1.82, 2.24) is 9.47 Å². The topological polar surface area (TPSA) is 116 Å². The second-order valence-corrected chi connectivity index (χ2v) is 7.15. The van der Waals surface area contributed by atoms with Crippen molar-refractivity contribution in [3.8, 4) is 0 Å². The predicted molar refractivity (Wildman–Crippen MR) is 112 cm³/mol. The van der Waals surface area contributed by atoms with E-state index in [1.54, 1.807) is 11.0 Å². The van der Waals surface area contributed by atoms with Gasteiger partial charge in [0.2, 0.25) is 0 Å². The van der Waals surface area contributed by atoms with Crippen molar-refractivity contribution < 1.29 is 14.3 Å². The van der Waals surface area contributed by atoms with Gasteiger partial charge in [-0.15, -0.1) is 0 Å². The number of benzene rings is 2. The van der Waals surface area contributed by atoms with E-state index in [9.17, 15) is 9.59 Å². The molecule has 1 aromatic heterocycles. The summed E-state index contributed by atoms with van der Waals surface area (Å²) in [4.78, 5) is 29.5. The molecular formula is C21H23N5O3. The number of aromatic nitrogens is 1. The number of likely N-dealkylation sites (tertiary alicyclic amines) is 1. The average molecular weight is 393 g/mol. The maximum absolute atomic E-state index is 12.3. The lowest BCUT2D eigenvalue weighted by Crippen LogP contribution is -2.38. The lowest BCUT2D eigenvalue weighted by molar-refractivity contribution is 0.100. The van der Waals surface area contributed by atoms with Crippen molar-refractivity contribution in [2.24, 2.45) is 16.5 Å². The zero-order valence-corrected chi connectivity index (χ0v) is 16.2. The molecule has 0 atom stereocenters. The molecule has 0 unspecified atom stereocenters. The summed E-state index contributed by atoms with van der Waals surface area (Å²) < 4.78 is 7.11. The highest BCUT2D eigenvalue weighted by Gasteiger charge is 2.26. The number of carbonyl (C=O) groups is 2. The van der Waals surface area contributed by atoms with Gasteiger partial charge in [-0.3, -0.25) is 4.79 Å². The molecule has 3 aromatic rings. The number of aliphatic imine (C=N–C) groups is 1. The molecular weight excluding hydrogens is 370 g/mol. The highest BCUT2D eigenvalue weighted by atomic mass is 16.5. The minimum atomic E-state index is -0.468. The summed E-state index contributed by atoms with van der Waals surface area (Å²) in [5.74, 6) is -0.727. The molecule has 29 heavy (non-hydrogen) atoms. The van der Waals surface area contributed by atoms with E-state index < -0.39 is 5.91 Å². The summed E-state index contributed by atoms with van der Waals surface area (Å²) in [6.07, 6.45) is 1.31. The van der Waals surface area contributed by atoms with Gasteiger partial charge in [-0.1, -0.05) is 24.3 Å². The molecule has 8 nitrogen and oxygen atoms in total. The molecule has 4 rings (SSSR count). The highest BCUT2D eigenvalue weighted by molar-refractivity contribution is 6.11. The van der Waals surface area contributed by atoms with Gasteiger partial charge in [0.1, 0.15) is 0 Å². The molecule has 0 spiro atoms. The maximum Gasteiger partial charge on any atom is 0.409 e. The quantitative estimate of drug-likeness (QED) is 0.513. The Hall–Kier alpha value is -3.55. The first-order chi connectivity index (χ1) is 14.0. The van der Waals surface area contributed by atoms with Crippen LogP contribution in [0.25, 0.3) is 21.8 Å². The van der Waals surface area contributed by atoms with E-state index in [4.69, 9.17) is 16.2 Å². The molecule has 0 saturated carbocycles. The van der Waals surface area contributed by atoms with Crippen LogP contribution in [0.2, 0.25) is 0 Å². The number of methoxy groups -OCH3 is 1. The van der Waals surface area contributed by atoms with Crippen LogP contribution in [0.1, 0.15) is 29.2 Å². The van der Waals surface area contributed by atoms with Gasteiger partial charge < -0.3 is 25.7 Å². The highest BCUT2D eigenvalue weighted by Crippen LogP contribution is 2.36. The van der Waals surface area contributed by atoms with Gasteiger partial charge in [0.15, 0.2) is 5.96 Å². The first kappa shape index (κ1) is 18.8. The largest absolute Gasteiger partial charge is 0.453 e. The number of guanidine groups is 1. The molecule has 2 amide bonds. The molecule has 4 N–H and O–H groups in total. The third kappa shape index (κ3) is 3.37. The second kappa shape index (κ2) is 7.46. The minimum absolute atomic E-state index is 0.201. The smallest absolute Gasteiger partial charge is 0.409 e. The number of nitrogens with zero attached hydrogens (tertiary/aromatic N) is 3. The molecule has 1 aliphatic heterocycles. The Bertz CT molecular complexity index is 1120. The van der Waals surface area contributed by atoms with Crippen molar-refractivity contribution in [2.45, 2.75) is 18.9 Å². The first-order valence-electron chi connectivity index (χ1n) is 9.49. The van der Waals surface area contributed by atoms with Crippen molar-refractivity contribution in [3.63, 3.8) is 0 Å². The molecule has 2 aromatic carbocycles. The molecule has 8 heteroatoms. The van der Waals surface area contributed by atoms with Crippen LogP contribution in [-0.2, 0) is 4.74 Å². The third-order valence-electron chi connectivity index (χ3n) is 5.45. The summed E-state index contributed by atoms with van der Waals surface area (Å²) in [5.41, 5.74) is 13.2. The van der Waals surface area contributed by atoms with E-state index in [0.717, 1.165) is 34.6 Å². The molecule has 1 fully saturated rings.